The Kier molecular flexibility index (Phi) is 1.51. The average molecular weight is 188 g/mol. The van der Waals surface area contributed by atoms with Gasteiger partial charge in [0.25, 0.3) is 0 Å². The molecule has 0 N–H and O–H groups in total. The van der Waals surface area contributed by atoms with Gasteiger partial charge in [0, 0.05) is 0 Å². The Balaban J connectivity index is 3.25. The van der Waals surface area contributed by atoms with Gasteiger partial charge in [-0.05, 0) is 6.92 Å². The maximum Gasteiger partial charge on any atom is 0.314 e. The minimum absolute atomic E-state index is 0.970. The molecule has 0 aromatic heterocycles. The van der Waals surface area contributed by atoms with Gasteiger partial charge in [-0.25, -0.2) is 0 Å². The van der Waals surface area contributed by atoms with Gasteiger partial charge >= 0.3 is 20.2 Å². The van der Waals surface area contributed by atoms with Gasteiger partial charge in [0.2, 0.25) is 4.58 Å². The second kappa shape index (κ2) is 1.91. The summed E-state index contributed by atoms with van der Waals surface area (Å²) in [6.07, 6.45) is 0. The van der Waals surface area contributed by atoms with E-state index in [1.54, 1.807) is 0 Å². The summed E-state index contributed by atoms with van der Waals surface area (Å²) in [6, 6.07) is 0. The fraction of sp³-hybridized carbons (Fsp3) is 1.00. The molecule has 1 aliphatic heterocycles. The Bertz CT molecular complexity index is 287. The Morgan fingerprint density at radius 1 is 1.00 bits per heavy atom. The molecule has 0 unspecified atom stereocenters. The van der Waals surface area contributed by atoms with Gasteiger partial charge in [-0.2, -0.15) is 16.8 Å². The summed E-state index contributed by atoms with van der Waals surface area (Å²) >= 11 is 0. The van der Waals surface area contributed by atoms with Gasteiger partial charge in [0.05, 0.1) is 0 Å². The minimum atomic E-state index is -4.04. The molecule has 0 bridgehead atoms. The van der Waals surface area contributed by atoms with E-state index in [-0.39, 0.29) is 0 Å². The van der Waals surface area contributed by atoms with E-state index in [4.69, 9.17) is 0 Å². The highest BCUT2D eigenvalue weighted by atomic mass is 32.3. The summed E-state index contributed by atoms with van der Waals surface area (Å²) in [5, 5.41) is 0. The van der Waals surface area contributed by atoms with Crippen LogP contribution < -0.4 is 0 Å². The molecule has 0 saturated carbocycles. The van der Waals surface area contributed by atoms with E-state index in [0.29, 0.717) is 0 Å². The molecule has 0 spiro atoms. The van der Waals surface area contributed by atoms with Gasteiger partial charge in [0.15, 0.2) is 0 Å². The van der Waals surface area contributed by atoms with Crippen LogP contribution in [0.4, 0.5) is 0 Å². The van der Waals surface area contributed by atoms with Crippen molar-refractivity contribution >= 4 is 20.2 Å². The van der Waals surface area contributed by atoms with E-state index in [1.165, 1.54) is 0 Å². The van der Waals surface area contributed by atoms with E-state index in [9.17, 15) is 16.8 Å². The van der Waals surface area contributed by atoms with Crippen LogP contribution in [-0.4, -0.2) is 21.4 Å². The minimum Gasteiger partial charge on any atom is -0.196 e. The fourth-order valence-electron chi connectivity index (χ4n) is 0.332. The molecular weight excluding hydrogens is 184 g/mol. The van der Waals surface area contributed by atoms with E-state index < -0.39 is 24.8 Å². The molecule has 0 aromatic carbocycles. The molecule has 1 aliphatic rings. The first-order valence-electron chi connectivity index (χ1n) is 2.22. The van der Waals surface area contributed by atoms with Crippen molar-refractivity contribution in [1.82, 2.24) is 0 Å². The van der Waals surface area contributed by atoms with E-state index >= 15 is 0 Å². The third-order valence-electron chi connectivity index (χ3n) is 1.03. The zero-order valence-corrected chi connectivity index (χ0v) is 6.48. The molecule has 10 heavy (non-hydrogen) atoms. The molecule has 0 aliphatic carbocycles. The van der Waals surface area contributed by atoms with Crippen molar-refractivity contribution in [3.05, 3.63) is 0 Å². The maximum atomic E-state index is 10.5. The quantitative estimate of drug-likeness (QED) is 0.451. The Morgan fingerprint density at radius 3 is 1.40 bits per heavy atom. The number of hydrogen-bond acceptors (Lipinski definition) is 6. The largest absolute Gasteiger partial charge is 0.314 e. The molecule has 1 heterocycles. The van der Waals surface area contributed by atoms with Crippen molar-refractivity contribution in [2.24, 2.45) is 0 Å². The number of hydrogen-bond donors (Lipinski definition) is 0. The van der Waals surface area contributed by atoms with Gasteiger partial charge < -0.3 is 0 Å². The highest BCUT2D eigenvalue weighted by molar-refractivity contribution is 8.06. The second-order valence-corrected chi connectivity index (χ2v) is 5.65. The predicted octanol–water partition coefficient (Wildman–Crippen LogP) is -1.05. The van der Waals surface area contributed by atoms with Crippen LogP contribution in [0.25, 0.3) is 0 Å². The molecule has 1 fully saturated rings. The van der Waals surface area contributed by atoms with Crippen LogP contribution in [0, 0.1) is 0 Å². The number of rotatable bonds is 0. The summed E-state index contributed by atoms with van der Waals surface area (Å²) in [7, 11) is -8.09. The second-order valence-electron chi connectivity index (χ2n) is 1.69. The SMILES string of the molecule is CC1S(=O)(=O)OOS1(=O)=O. The van der Waals surface area contributed by atoms with E-state index in [2.05, 4.69) is 8.67 Å². The zero-order chi connectivity index (χ0) is 7.99. The summed E-state index contributed by atoms with van der Waals surface area (Å²) in [4.78, 5) is 0. The topological polar surface area (TPSA) is 86.7 Å². The molecule has 0 atom stereocenters. The first-order valence-corrected chi connectivity index (χ1v) is 5.16. The molecule has 8 heteroatoms. The molecule has 0 radical (unpaired) electrons. The Labute approximate surface area is 57.9 Å². The summed E-state index contributed by atoms with van der Waals surface area (Å²) in [6.45, 7) is 0.970. The van der Waals surface area contributed by atoms with Crippen molar-refractivity contribution in [2.75, 3.05) is 0 Å². The van der Waals surface area contributed by atoms with E-state index in [1.807, 2.05) is 0 Å². The molecule has 0 amide bonds. The smallest absolute Gasteiger partial charge is 0.196 e. The van der Waals surface area contributed by atoms with Gasteiger partial charge in [-0.15, -0.1) is 0 Å². The van der Waals surface area contributed by atoms with Crippen LogP contribution in [0.3, 0.4) is 0 Å². The van der Waals surface area contributed by atoms with E-state index in [0.717, 1.165) is 6.92 Å². The van der Waals surface area contributed by atoms with Gasteiger partial charge in [-0.1, -0.05) is 8.67 Å². The fourth-order valence-corrected chi connectivity index (χ4v) is 2.52. The molecule has 0 aromatic rings. The normalized spacial score (nSPS) is 30.5. The van der Waals surface area contributed by atoms with Crippen molar-refractivity contribution in [2.45, 2.75) is 11.5 Å². The summed E-state index contributed by atoms with van der Waals surface area (Å²) in [5.74, 6) is 0. The highest BCUT2D eigenvalue weighted by Gasteiger charge is 2.45. The van der Waals surface area contributed by atoms with Crippen LogP contribution in [0.15, 0.2) is 0 Å². The summed E-state index contributed by atoms with van der Waals surface area (Å²) < 4.78 is 47.3. The molecule has 60 valence electrons. The van der Waals surface area contributed by atoms with Crippen molar-refractivity contribution < 1.29 is 25.5 Å². The lowest BCUT2D eigenvalue weighted by atomic mass is 11.0. The predicted molar refractivity (Wildman–Crippen MR) is 29.5 cm³/mol. The molecular formula is C2H4O6S2. The zero-order valence-electron chi connectivity index (χ0n) is 4.84. The molecule has 1 rings (SSSR count). The van der Waals surface area contributed by atoms with Crippen LogP contribution in [0.5, 0.6) is 0 Å². The third kappa shape index (κ3) is 1.03. The first-order chi connectivity index (χ1) is 4.36. The molecule has 6 nitrogen and oxygen atoms in total. The Hall–Kier alpha value is -0.180. The third-order valence-corrected chi connectivity index (χ3v) is 4.67. The van der Waals surface area contributed by atoms with Crippen molar-refractivity contribution in [3.8, 4) is 0 Å². The average Bonchev–Trinajstić information content (AvgIpc) is 1.95. The van der Waals surface area contributed by atoms with Crippen molar-refractivity contribution in [1.29, 1.82) is 0 Å². The van der Waals surface area contributed by atoms with Gasteiger partial charge in [-0.3, -0.25) is 0 Å². The van der Waals surface area contributed by atoms with Gasteiger partial charge in [0.1, 0.15) is 0 Å². The summed E-state index contributed by atoms with van der Waals surface area (Å²) in [5.41, 5.74) is 0. The lowest BCUT2D eigenvalue weighted by Gasteiger charge is -1.90. The maximum absolute atomic E-state index is 10.5. The Morgan fingerprint density at radius 2 is 1.30 bits per heavy atom. The van der Waals surface area contributed by atoms with Crippen LogP contribution in [-0.2, 0) is 28.9 Å². The first kappa shape index (κ1) is 7.92. The van der Waals surface area contributed by atoms with Crippen LogP contribution in [0.2, 0.25) is 0 Å². The molecule has 1 saturated heterocycles. The highest BCUT2D eigenvalue weighted by Crippen LogP contribution is 2.21. The lowest BCUT2D eigenvalue weighted by molar-refractivity contribution is -0.0743. The lowest BCUT2D eigenvalue weighted by Crippen LogP contribution is -2.17. The standard InChI is InChI=1S/C2H4O6S2/c1-2-9(3,4)7-8-10(2,5)6/h2H,1H3. The monoisotopic (exact) mass is 188 g/mol. The van der Waals surface area contributed by atoms with Crippen LogP contribution >= 0.6 is 0 Å². The van der Waals surface area contributed by atoms with Crippen LogP contribution in [0.1, 0.15) is 6.92 Å². The van der Waals surface area contributed by atoms with Crippen molar-refractivity contribution in [3.63, 3.8) is 0 Å².